The second kappa shape index (κ2) is 9.36. The summed E-state index contributed by atoms with van der Waals surface area (Å²) in [5.41, 5.74) is 0.934. The van der Waals surface area contributed by atoms with Crippen molar-refractivity contribution in [3.8, 4) is 0 Å². The van der Waals surface area contributed by atoms with Crippen LogP contribution in [0.3, 0.4) is 0 Å². The fourth-order valence-electron chi connectivity index (χ4n) is 3.31. The second-order valence-corrected chi connectivity index (χ2v) is 6.88. The first-order valence-electron chi connectivity index (χ1n) is 9.24. The quantitative estimate of drug-likeness (QED) is 0.719. The summed E-state index contributed by atoms with van der Waals surface area (Å²) in [4.78, 5) is 39.0. The Bertz CT molecular complexity index is 630. The van der Waals surface area contributed by atoms with Crippen molar-refractivity contribution in [2.24, 2.45) is 5.92 Å². The van der Waals surface area contributed by atoms with Gasteiger partial charge in [-0.15, -0.1) is 0 Å². The summed E-state index contributed by atoms with van der Waals surface area (Å²) in [6.45, 7) is 6.38. The Balaban J connectivity index is 2.15. The van der Waals surface area contributed by atoms with Crippen molar-refractivity contribution >= 4 is 17.8 Å². The molecule has 6 nitrogen and oxygen atoms in total. The Morgan fingerprint density at radius 2 is 1.92 bits per heavy atom. The molecule has 1 aromatic carbocycles. The molecule has 0 spiro atoms. The van der Waals surface area contributed by atoms with E-state index in [-0.39, 0.29) is 24.3 Å². The highest BCUT2D eigenvalue weighted by Gasteiger charge is 2.36. The summed E-state index contributed by atoms with van der Waals surface area (Å²) >= 11 is 0. The molecule has 0 unspecified atom stereocenters. The van der Waals surface area contributed by atoms with Crippen molar-refractivity contribution in [3.63, 3.8) is 0 Å². The molecule has 2 rings (SSSR count). The molecule has 1 aliphatic heterocycles. The largest absolute Gasteiger partial charge is 0.464 e. The normalized spacial score (nSPS) is 16.5. The zero-order chi connectivity index (χ0) is 19.1. The number of hydrogen-bond donors (Lipinski definition) is 1. The summed E-state index contributed by atoms with van der Waals surface area (Å²) in [6, 6.07) is 8.14. The van der Waals surface area contributed by atoms with Gasteiger partial charge in [0, 0.05) is 19.4 Å². The van der Waals surface area contributed by atoms with E-state index in [1.165, 1.54) is 0 Å². The number of hydrogen-bond acceptors (Lipinski definition) is 4. The first-order valence-corrected chi connectivity index (χ1v) is 9.24. The smallest absolute Gasteiger partial charge is 0.328 e. The number of carbonyl (C=O) groups is 3. The van der Waals surface area contributed by atoms with E-state index < -0.39 is 18.1 Å². The first kappa shape index (κ1) is 19.9. The minimum absolute atomic E-state index is 0.00501. The summed E-state index contributed by atoms with van der Waals surface area (Å²) in [5, 5.41) is 2.82. The minimum Gasteiger partial charge on any atom is -0.464 e. The summed E-state index contributed by atoms with van der Waals surface area (Å²) < 4.78 is 5.13. The molecule has 1 heterocycles. The van der Waals surface area contributed by atoms with Crippen molar-refractivity contribution < 1.29 is 19.1 Å². The maximum atomic E-state index is 12.9. The average Bonchev–Trinajstić information content (AvgIpc) is 3.01. The van der Waals surface area contributed by atoms with Gasteiger partial charge in [0.1, 0.15) is 12.1 Å². The zero-order valence-electron chi connectivity index (χ0n) is 15.7. The third-order valence-corrected chi connectivity index (χ3v) is 4.52. The molecule has 142 valence electrons. The molecule has 1 aromatic rings. The molecule has 1 saturated heterocycles. The van der Waals surface area contributed by atoms with Crippen LogP contribution in [0.15, 0.2) is 30.3 Å². The van der Waals surface area contributed by atoms with E-state index in [9.17, 15) is 14.4 Å². The predicted octanol–water partition coefficient (Wildman–Crippen LogP) is 1.92. The van der Waals surface area contributed by atoms with Gasteiger partial charge in [0.2, 0.25) is 11.8 Å². The van der Waals surface area contributed by atoms with E-state index in [4.69, 9.17) is 4.74 Å². The van der Waals surface area contributed by atoms with E-state index in [0.29, 0.717) is 19.4 Å². The Morgan fingerprint density at radius 3 is 2.46 bits per heavy atom. The molecule has 0 aromatic heterocycles. The fourth-order valence-corrected chi connectivity index (χ4v) is 3.31. The van der Waals surface area contributed by atoms with Crippen molar-refractivity contribution in [3.05, 3.63) is 35.9 Å². The highest BCUT2D eigenvalue weighted by Crippen LogP contribution is 2.19. The van der Waals surface area contributed by atoms with Gasteiger partial charge in [0.05, 0.1) is 6.61 Å². The number of carbonyl (C=O) groups excluding carboxylic acids is 3. The second-order valence-electron chi connectivity index (χ2n) is 6.88. The van der Waals surface area contributed by atoms with Crippen LogP contribution < -0.4 is 5.32 Å². The maximum Gasteiger partial charge on any atom is 0.328 e. The molecule has 0 bridgehead atoms. The Hall–Kier alpha value is -2.37. The number of benzene rings is 1. The van der Waals surface area contributed by atoms with Crippen LogP contribution in [-0.4, -0.2) is 47.9 Å². The monoisotopic (exact) mass is 360 g/mol. The molecule has 1 N–H and O–H groups in total. The number of ether oxygens (including phenoxy) is 1. The van der Waals surface area contributed by atoms with Crippen LogP contribution in [0.5, 0.6) is 0 Å². The SMILES string of the molecule is CCOC(=O)[C@H](Cc1ccccc1)NC(=O)[C@H](C(C)C)N1CCCC1=O. The van der Waals surface area contributed by atoms with Gasteiger partial charge < -0.3 is 15.0 Å². The Morgan fingerprint density at radius 1 is 1.23 bits per heavy atom. The van der Waals surface area contributed by atoms with Gasteiger partial charge >= 0.3 is 5.97 Å². The maximum absolute atomic E-state index is 12.9. The molecular weight excluding hydrogens is 332 g/mol. The number of esters is 1. The summed E-state index contributed by atoms with van der Waals surface area (Å²) in [7, 11) is 0. The van der Waals surface area contributed by atoms with Crippen molar-refractivity contribution in [1.82, 2.24) is 10.2 Å². The van der Waals surface area contributed by atoms with E-state index in [1.807, 2.05) is 44.2 Å². The van der Waals surface area contributed by atoms with E-state index >= 15 is 0 Å². The van der Waals surface area contributed by atoms with Gasteiger partial charge in [-0.2, -0.15) is 0 Å². The lowest BCUT2D eigenvalue weighted by Gasteiger charge is -2.31. The van der Waals surface area contributed by atoms with Crippen LogP contribution in [-0.2, 0) is 25.5 Å². The summed E-state index contributed by atoms with van der Waals surface area (Å²) in [5.74, 6) is -0.810. The van der Waals surface area contributed by atoms with E-state index in [0.717, 1.165) is 12.0 Å². The first-order chi connectivity index (χ1) is 12.4. The fraction of sp³-hybridized carbons (Fsp3) is 0.550. The highest BCUT2D eigenvalue weighted by molar-refractivity contribution is 5.91. The lowest BCUT2D eigenvalue weighted by atomic mass is 10.00. The van der Waals surface area contributed by atoms with Gasteiger partial charge in [-0.1, -0.05) is 44.2 Å². The molecular formula is C20H28N2O4. The van der Waals surface area contributed by atoms with Gasteiger partial charge in [0.25, 0.3) is 0 Å². The number of nitrogens with one attached hydrogen (secondary N) is 1. The third kappa shape index (κ3) is 5.07. The van der Waals surface area contributed by atoms with E-state index in [2.05, 4.69) is 5.32 Å². The van der Waals surface area contributed by atoms with Crippen LogP contribution in [0.1, 0.15) is 39.2 Å². The molecule has 0 radical (unpaired) electrons. The lowest BCUT2D eigenvalue weighted by Crippen LogP contribution is -2.54. The standard InChI is InChI=1S/C20H28N2O4/c1-4-26-20(25)16(13-15-9-6-5-7-10-15)21-19(24)18(14(2)3)22-12-8-11-17(22)23/h5-7,9-10,14,16,18H,4,8,11-13H2,1-3H3,(H,21,24)/t16-,18-/m0/s1. The van der Waals surface area contributed by atoms with Gasteiger partial charge in [-0.25, -0.2) is 4.79 Å². The molecule has 2 atom stereocenters. The molecule has 6 heteroatoms. The van der Waals surface area contributed by atoms with Crippen LogP contribution >= 0.6 is 0 Å². The molecule has 1 fully saturated rings. The Labute approximate surface area is 154 Å². The number of likely N-dealkylation sites (tertiary alicyclic amines) is 1. The number of nitrogens with zero attached hydrogens (tertiary/aromatic N) is 1. The molecule has 2 amide bonds. The minimum atomic E-state index is -0.774. The van der Waals surface area contributed by atoms with Crippen molar-refractivity contribution in [2.75, 3.05) is 13.2 Å². The highest BCUT2D eigenvalue weighted by atomic mass is 16.5. The van der Waals surface area contributed by atoms with Gasteiger partial charge in [-0.05, 0) is 24.8 Å². The van der Waals surface area contributed by atoms with Crippen LogP contribution in [0, 0.1) is 5.92 Å². The third-order valence-electron chi connectivity index (χ3n) is 4.52. The summed E-state index contributed by atoms with van der Waals surface area (Å²) in [6.07, 6.45) is 1.59. The molecule has 1 aliphatic rings. The van der Waals surface area contributed by atoms with Gasteiger partial charge in [0.15, 0.2) is 0 Å². The lowest BCUT2D eigenvalue weighted by molar-refractivity contribution is -0.148. The van der Waals surface area contributed by atoms with Crippen molar-refractivity contribution in [1.29, 1.82) is 0 Å². The van der Waals surface area contributed by atoms with Crippen LogP contribution in [0.4, 0.5) is 0 Å². The predicted molar refractivity (Wildman–Crippen MR) is 98.3 cm³/mol. The van der Waals surface area contributed by atoms with Crippen LogP contribution in [0.25, 0.3) is 0 Å². The number of rotatable bonds is 8. The average molecular weight is 360 g/mol. The Kier molecular flexibility index (Phi) is 7.18. The van der Waals surface area contributed by atoms with Gasteiger partial charge in [-0.3, -0.25) is 9.59 Å². The van der Waals surface area contributed by atoms with Crippen molar-refractivity contribution in [2.45, 2.75) is 52.1 Å². The number of amides is 2. The van der Waals surface area contributed by atoms with Crippen LogP contribution in [0.2, 0.25) is 0 Å². The zero-order valence-corrected chi connectivity index (χ0v) is 15.7. The molecule has 26 heavy (non-hydrogen) atoms. The topological polar surface area (TPSA) is 75.7 Å². The molecule has 0 aliphatic carbocycles. The molecule has 0 saturated carbocycles. The van der Waals surface area contributed by atoms with E-state index in [1.54, 1.807) is 11.8 Å².